The third-order valence-electron chi connectivity index (χ3n) is 6.38. The molecule has 2 amide bonds. The van der Waals surface area contributed by atoms with E-state index in [1.807, 2.05) is 4.90 Å². The van der Waals surface area contributed by atoms with Crippen LogP contribution in [0.1, 0.15) is 33.2 Å². The molecule has 2 heterocycles. The molecule has 0 atom stereocenters. The maximum Gasteiger partial charge on any atom is 0.416 e. The van der Waals surface area contributed by atoms with Gasteiger partial charge in [-0.1, -0.05) is 0 Å². The number of amides is 2. The molecule has 2 aromatic carbocycles. The Kier molecular flexibility index (Phi) is 8.74. The van der Waals surface area contributed by atoms with Crippen LogP contribution in [0.2, 0.25) is 0 Å². The molecule has 0 bridgehead atoms. The number of nitrogens with one attached hydrogen (secondary N) is 1. The van der Waals surface area contributed by atoms with Crippen molar-refractivity contribution in [3.63, 3.8) is 0 Å². The fourth-order valence-corrected chi connectivity index (χ4v) is 4.36. The van der Waals surface area contributed by atoms with Gasteiger partial charge >= 0.3 is 12.4 Å². The summed E-state index contributed by atoms with van der Waals surface area (Å²) in [6, 6.07) is 10.7. The average molecular weight is 581 g/mol. The monoisotopic (exact) mass is 580 g/mol. The van der Waals surface area contributed by atoms with Crippen LogP contribution < -0.4 is 15.0 Å². The number of nitrogens with zero attached hydrogens (tertiary/aromatic N) is 3. The lowest BCUT2D eigenvalue weighted by atomic mass is 9.99. The topological polar surface area (TPSA) is 74.8 Å². The highest BCUT2D eigenvalue weighted by Gasteiger charge is 2.33. The third kappa shape index (κ3) is 7.68. The molecule has 0 radical (unpaired) electrons. The van der Waals surface area contributed by atoms with Crippen molar-refractivity contribution in [1.29, 1.82) is 0 Å². The number of ether oxygens (including phenoxy) is 1. The van der Waals surface area contributed by atoms with Crippen molar-refractivity contribution in [2.24, 2.45) is 0 Å². The Labute approximate surface area is 231 Å². The molecule has 218 valence electrons. The zero-order chi connectivity index (χ0) is 29.8. The molecule has 1 aromatic heterocycles. The number of aromatic nitrogens is 1. The minimum atomic E-state index is -4.68. The van der Waals surface area contributed by atoms with Crippen LogP contribution in [-0.2, 0) is 6.18 Å². The number of rotatable bonds is 7. The van der Waals surface area contributed by atoms with Crippen LogP contribution in [-0.4, -0.2) is 67.2 Å². The van der Waals surface area contributed by atoms with Crippen molar-refractivity contribution in [3.05, 3.63) is 77.6 Å². The Hall–Kier alpha value is -4.29. The van der Waals surface area contributed by atoms with Gasteiger partial charge in [0.15, 0.2) is 0 Å². The van der Waals surface area contributed by atoms with Gasteiger partial charge in [0.1, 0.15) is 12.3 Å². The van der Waals surface area contributed by atoms with Crippen LogP contribution in [0.5, 0.6) is 5.75 Å². The number of halogens is 6. The van der Waals surface area contributed by atoms with Gasteiger partial charge in [-0.2, -0.15) is 26.3 Å². The summed E-state index contributed by atoms with van der Waals surface area (Å²) in [4.78, 5) is 32.6. The van der Waals surface area contributed by atoms with Crippen LogP contribution in [0.4, 0.5) is 32.0 Å². The summed E-state index contributed by atoms with van der Waals surface area (Å²) in [6.45, 7) is 1.84. The van der Waals surface area contributed by atoms with E-state index < -0.39 is 36.3 Å². The van der Waals surface area contributed by atoms with E-state index >= 15 is 0 Å². The zero-order valence-electron chi connectivity index (χ0n) is 21.9. The summed E-state index contributed by atoms with van der Waals surface area (Å²) in [5.74, 6) is -1.02. The van der Waals surface area contributed by atoms with Crippen molar-refractivity contribution in [2.75, 3.05) is 44.2 Å². The van der Waals surface area contributed by atoms with E-state index in [0.717, 1.165) is 12.1 Å². The molecule has 1 aliphatic heterocycles. The predicted molar refractivity (Wildman–Crippen MR) is 139 cm³/mol. The van der Waals surface area contributed by atoms with E-state index in [9.17, 15) is 35.9 Å². The maximum atomic E-state index is 13.7. The normalized spacial score (nSPS) is 14.1. The number of alkyl halides is 6. The van der Waals surface area contributed by atoms with Gasteiger partial charge in [-0.25, -0.2) is 0 Å². The van der Waals surface area contributed by atoms with Gasteiger partial charge in [0.25, 0.3) is 11.8 Å². The molecule has 4 rings (SSSR count). The summed E-state index contributed by atoms with van der Waals surface area (Å²) in [7, 11) is 0. The quantitative estimate of drug-likeness (QED) is 0.378. The number of anilines is 1. The Morgan fingerprint density at radius 1 is 0.878 bits per heavy atom. The molecule has 13 heteroatoms. The second-order valence-corrected chi connectivity index (χ2v) is 9.26. The lowest BCUT2D eigenvalue weighted by Crippen LogP contribution is -2.48. The summed E-state index contributed by atoms with van der Waals surface area (Å²) in [5, 5.41) is 1.81. The number of piperazine rings is 1. The van der Waals surface area contributed by atoms with Gasteiger partial charge in [-0.15, -0.1) is 0 Å². The minimum absolute atomic E-state index is 0.0640. The van der Waals surface area contributed by atoms with Gasteiger partial charge in [0.2, 0.25) is 0 Å². The van der Waals surface area contributed by atoms with Crippen LogP contribution in [0.15, 0.2) is 60.9 Å². The van der Waals surface area contributed by atoms with Gasteiger partial charge in [-0.05, 0) is 61.0 Å². The fraction of sp³-hybridized carbons (Fsp3) is 0.321. The maximum absolute atomic E-state index is 13.7. The van der Waals surface area contributed by atoms with Crippen LogP contribution in [0.25, 0.3) is 11.1 Å². The summed E-state index contributed by atoms with van der Waals surface area (Å²) in [6.07, 6.45) is -6.35. The molecular weight excluding hydrogens is 554 g/mol. The number of pyridine rings is 1. The molecule has 0 spiro atoms. The Morgan fingerprint density at radius 2 is 1.56 bits per heavy atom. The van der Waals surface area contributed by atoms with E-state index in [1.54, 1.807) is 30.4 Å². The molecule has 3 aromatic rings. The van der Waals surface area contributed by atoms with Gasteiger partial charge in [-0.3, -0.25) is 14.6 Å². The zero-order valence-corrected chi connectivity index (χ0v) is 21.9. The average Bonchev–Trinajstić information content (AvgIpc) is 2.95. The first kappa shape index (κ1) is 29.7. The molecule has 7 nitrogen and oxygen atoms in total. The molecular formula is C28H26F6N4O3. The van der Waals surface area contributed by atoms with Gasteiger partial charge in [0.05, 0.1) is 18.4 Å². The molecule has 0 aliphatic carbocycles. The number of hydrogen-bond acceptors (Lipinski definition) is 5. The number of benzene rings is 2. The Bertz CT molecular complexity index is 1380. The predicted octanol–water partition coefficient (Wildman–Crippen LogP) is 5.42. The minimum Gasteiger partial charge on any atom is -0.492 e. The lowest BCUT2D eigenvalue weighted by molar-refractivity contribution is -0.137. The fourth-order valence-electron chi connectivity index (χ4n) is 4.36. The molecule has 0 unspecified atom stereocenters. The molecule has 0 saturated carbocycles. The SMILES string of the molecule is CCOc1cncc(-c2cc(C(=O)N3CCN(c4ccc(C(=O)NCC(F)(F)F)cc4)CC3)cc(C(F)(F)F)c2)c1. The Balaban J connectivity index is 1.46. The third-order valence-corrected chi connectivity index (χ3v) is 6.38. The van der Waals surface area contributed by atoms with E-state index in [-0.39, 0.29) is 29.8 Å². The Morgan fingerprint density at radius 3 is 2.17 bits per heavy atom. The van der Waals surface area contributed by atoms with Crippen LogP contribution >= 0.6 is 0 Å². The van der Waals surface area contributed by atoms with Gasteiger partial charge in [0, 0.05) is 54.8 Å². The standard InChI is InChI=1S/C28H26F6N4O3/c1-2-41-24-14-21(15-35-16-24)19-11-20(13-22(12-19)28(32,33)34)26(40)38-9-7-37(8-10-38)23-5-3-18(4-6-23)25(39)36-17-27(29,30)31/h3-6,11-16H,2,7-10,17H2,1H3,(H,36,39). The largest absolute Gasteiger partial charge is 0.492 e. The van der Waals surface area contributed by atoms with Crippen molar-refractivity contribution >= 4 is 17.5 Å². The van der Waals surface area contributed by atoms with Gasteiger partial charge < -0.3 is 19.9 Å². The number of hydrogen-bond donors (Lipinski definition) is 1. The second kappa shape index (κ2) is 12.1. The first-order valence-electron chi connectivity index (χ1n) is 12.6. The van der Waals surface area contributed by atoms with Crippen LogP contribution in [0, 0.1) is 0 Å². The van der Waals surface area contributed by atoms with E-state index in [0.29, 0.717) is 36.7 Å². The van der Waals surface area contributed by atoms with Crippen molar-refractivity contribution in [2.45, 2.75) is 19.3 Å². The smallest absolute Gasteiger partial charge is 0.416 e. The van der Waals surface area contributed by atoms with E-state index in [2.05, 4.69) is 4.98 Å². The summed E-state index contributed by atoms with van der Waals surface area (Å²) < 4.78 is 83.6. The molecule has 41 heavy (non-hydrogen) atoms. The first-order valence-corrected chi connectivity index (χ1v) is 12.6. The first-order chi connectivity index (χ1) is 19.3. The lowest BCUT2D eigenvalue weighted by Gasteiger charge is -2.36. The highest BCUT2D eigenvalue weighted by molar-refractivity contribution is 5.96. The molecule has 1 fully saturated rings. The van der Waals surface area contributed by atoms with Crippen LogP contribution in [0.3, 0.4) is 0 Å². The van der Waals surface area contributed by atoms with Crippen molar-refractivity contribution < 1.29 is 40.7 Å². The highest BCUT2D eigenvalue weighted by atomic mass is 19.4. The molecule has 1 aliphatic rings. The number of carbonyl (C=O) groups excluding carboxylic acids is 2. The van der Waals surface area contributed by atoms with Crippen molar-refractivity contribution in [3.8, 4) is 16.9 Å². The molecule has 1 saturated heterocycles. The molecule has 1 N–H and O–H groups in total. The summed E-state index contributed by atoms with van der Waals surface area (Å²) >= 11 is 0. The van der Waals surface area contributed by atoms with E-state index in [4.69, 9.17) is 4.74 Å². The van der Waals surface area contributed by atoms with E-state index in [1.165, 1.54) is 35.5 Å². The number of carbonyl (C=O) groups is 2. The highest BCUT2D eigenvalue weighted by Crippen LogP contribution is 2.34. The summed E-state index contributed by atoms with van der Waals surface area (Å²) in [5.41, 5.74) is 0.228. The second-order valence-electron chi connectivity index (χ2n) is 9.26. The van der Waals surface area contributed by atoms with Crippen molar-refractivity contribution in [1.82, 2.24) is 15.2 Å².